The Balaban J connectivity index is 1.10. The van der Waals surface area contributed by atoms with Crippen LogP contribution < -0.4 is 31.1 Å². The van der Waals surface area contributed by atoms with Gasteiger partial charge < -0.3 is 64.3 Å². The molecule has 2 aliphatic rings. The maximum atomic E-state index is 13.9. The molecule has 2 aromatic carbocycles. The van der Waals surface area contributed by atoms with Gasteiger partial charge in [-0.2, -0.15) is 4.57 Å². The highest BCUT2D eigenvalue weighted by molar-refractivity contribution is 6.12. The molecule has 0 bridgehead atoms. The zero-order valence-electron chi connectivity index (χ0n) is 37.0. The van der Waals surface area contributed by atoms with Crippen LogP contribution in [0.25, 0.3) is 22.1 Å². The fourth-order valence-electron chi connectivity index (χ4n) is 7.17. The number of amides is 4. The molecule has 2 aliphatic heterocycles. The lowest BCUT2D eigenvalue weighted by atomic mass is 9.99. The molecular formula is C45H52N5O18+. The molecule has 1 fully saturated rings. The van der Waals surface area contributed by atoms with E-state index in [9.17, 15) is 59.1 Å². The van der Waals surface area contributed by atoms with E-state index in [0.29, 0.717) is 5.56 Å². The van der Waals surface area contributed by atoms with Crippen LogP contribution in [0.15, 0.2) is 63.8 Å². The number of carboxylic acids is 2. The highest BCUT2D eigenvalue weighted by atomic mass is 16.7. The number of pyridine rings is 1. The van der Waals surface area contributed by atoms with Crippen molar-refractivity contribution in [1.82, 2.24) is 10.2 Å². The van der Waals surface area contributed by atoms with Crippen molar-refractivity contribution in [3.63, 3.8) is 0 Å². The predicted octanol–water partition coefficient (Wildman–Crippen LogP) is -0.233. The van der Waals surface area contributed by atoms with Gasteiger partial charge in [-0.1, -0.05) is 26.0 Å². The summed E-state index contributed by atoms with van der Waals surface area (Å²) in [6.45, 7) is 4.73. The number of aromatic nitrogens is 1. The number of aliphatic hydroxyl groups excluding tert-OH is 3. The Hall–Kier alpha value is -6.86. The summed E-state index contributed by atoms with van der Waals surface area (Å²) in [7, 11) is 0. The second-order valence-electron chi connectivity index (χ2n) is 16.0. The third-order valence-corrected chi connectivity index (χ3v) is 10.9. The van der Waals surface area contributed by atoms with Crippen molar-refractivity contribution in [2.24, 2.45) is 0 Å². The zero-order chi connectivity index (χ0) is 49.2. The molecule has 68 heavy (non-hydrogen) atoms. The lowest BCUT2D eigenvalue weighted by Gasteiger charge is -2.38. The number of aliphatic hydroxyl groups is 3. The number of carboxylic acid groups (broad SMARTS) is 2. The van der Waals surface area contributed by atoms with Crippen LogP contribution in [-0.2, 0) is 49.5 Å². The molecule has 1 saturated heterocycles. The number of nitrogens with two attached hydrogens (primary N) is 1. The number of nitrogen functional groups attached to an aromatic ring is 1. The van der Waals surface area contributed by atoms with Crippen LogP contribution in [0.1, 0.15) is 54.1 Å². The molecule has 0 unspecified atom stereocenters. The molecule has 0 saturated carbocycles. The number of rotatable bonds is 23. The topological polar surface area (TPSA) is 337 Å². The van der Waals surface area contributed by atoms with E-state index < -0.39 is 59.9 Å². The standard InChI is InChI=1S/C45H51N5O18/c1-23(2)25-4-6-30-26(20-25)36(55)27-21-28(43(59)60)41(46)50(42(27)66-30)22-24-3-5-31(67-45-39(58)37(56)38(57)40(68-45)44(61)62)29(19-24)48-33(52)9-11-47-32(51)10-13-63-15-17-65-18-16-64-14-12-49-34(53)7-8-35(49)54/h3-8,19-21,23,37-40,45-46,56-58H,9-18,22H2,1-2H3,(H4,47,48,51,52,59,60,61,62)/p+1/t37-,38-,39+,40-,45+/m0/s1. The fourth-order valence-corrected chi connectivity index (χ4v) is 7.17. The largest absolute Gasteiger partial charge is 0.479 e. The van der Waals surface area contributed by atoms with Gasteiger partial charge in [0.2, 0.25) is 23.5 Å². The van der Waals surface area contributed by atoms with Gasteiger partial charge in [0.05, 0.1) is 57.3 Å². The van der Waals surface area contributed by atoms with Gasteiger partial charge in [-0.3, -0.25) is 34.6 Å². The molecular weight excluding hydrogens is 899 g/mol. The first-order chi connectivity index (χ1) is 32.4. The zero-order valence-corrected chi connectivity index (χ0v) is 37.0. The molecule has 364 valence electrons. The third kappa shape index (κ3) is 12.2. The summed E-state index contributed by atoms with van der Waals surface area (Å²) in [5, 5.41) is 56.3. The number of imide groups is 1. The number of fused-ring (bicyclic) bond motifs is 2. The lowest BCUT2D eigenvalue weighted by Crippen LogP contribution is -2.61. The summed E-state index contributed by atoms with van der Waals surface area (Å²) in [4.78, 5) is 88.0. The molecule has 23 nitrogen and oxygen atoms in total. The number of aliphatic carboxylic acids is 1. The van der Waals surface area contributed by atoms with Crippen molar-refractivity contribution in [3.05, 3.63) is 81.5 Å². The number of nitrogens with one attached hydrogen (secondary N) is 2. The first-order valence-corrected chi connectivity index (χ1v) is 21.5. The number of hydrogen-bond acceptors (Lipinski definition) is 17. The molecule has 2 aromatic heterocycles. The third-order valence-electron chi connectivity index (χ3n) is 10.9. The number of benzene rings is 2. The average Bonchev–Trinajstić information content (AvgIpc) is 3.62. The number of nitrogens with zero attached hydrogens (tertiary/aromatic N) is 2. The highest BCUT2D eigenvalue weighted by Crippen LogP contribution is 2.32. The normalized spacial score (nSPS) is 19.3. The lowest BCUT2D eigenvalue weighted by molar-refractivity contribution is -0.654. The van der Waals surface area contributed by atoms with Crippen LogP contribution in [0.4, 0.5) is 11.5 Å². The van der Waals surface area contributed by atoms with Gasteiger partial charge in [-0.05, 0) is 47.4 Å². The van der Waals surface area contributed by atoms with Crippen LogP contribution in [0.3, 0.4) is 0 Å². The number of aromatic carboxylic acids is 1. The number of carbonyl (C=O) groups is 6. The molecule has 5 atom stereocenters. The van der Waals surface area contributed by atoms with Gasteiger partial charge in [-0.15, -0.1) is 0 Å². The second-order valence-corrected chi connectivity index (χ2v) is 16.0. The first kappa shape index (κ1) is 50.6. The summed E-state index contributed by atoms with van der Waals surface area (Å²) in [6, 6.07) is 10.4. The average molecular weight is 951 g/mol. The first-order valence-electron chi connectivity index (χ1n) is 21.5. The minimum atomic E-state index is -2.01. The summed E-state index contributed by atoms with van der Waals surface area (Å²) in [6.07, 6.45) is -7.76. The van der Waals surface area contributed by atoms with E-state index in [2.05, 4.69) is 10.6 Å². The minimum absolute atomic E-state index is 0.0391. The Morgan fingerprint density at radius 3 is 2.15 bits per heavy atom. The summed E-state index contributed by atoms with van der Waals surface area (Å²) < 4.78 is 34.7. The minimum Gasteiger partial charge on any atom is -0.479 e. The molecule has 0 aliphatic carbocycles. The molecule has 23 heteroatoms. The predicted molar refractivity (Wildman–Crippen MR) is 235 cm³/mol. The van der Waals surface area contributed by atoms with Crippen molar-refractivity contribution in [1.29, 1.82) is 0 Å². The Kier molecular flexibility index (Phi) is 16.9. The van der Waals surface area contributed by atoms with Crippen LogP contribution in [0, 0.1) is 0 Å². The Labute approximate surface area is 386 Å². The molecule has 0 spiro atoms. The quantitative estimate of drug-likeness (QED) is 0.0206. The van der Waals surface area contributed by atoms with Crippen LogP contribution >= 0.6 is 0 Å². The van der Waals surface area contributed by atoms with E-state index in [1.807, 2.05) is 13.8 Å². The number of carbonyl (C=O) groups excluding carboxylic acids is 4. The molecule has 4 amide bonds. The maximum Gasteiger partial charge on any atom is 0.344 e. The van der Waals surface area contributed by atoms with Crippen molar-refractivity contribution in [3.8, 4) is 5.75 Å². The van der Waals surface area contributed by atoms with Crippen molar-refractivity contribution < 1.29 is 87.0 Å². The molecule has 4 aromatic rings. The van der Waals surface area contributed by atoms with Gasteiger partial charge in [0, 0.05) is 31.5 Å². The van der Waals surface area contributed by atoms with Crippen LogP contribution in [-0.4, -0.2) is 149 Å². The van der Waals surface area contributed by atoms with E-state index in [4.69, 9.17) is 33.8 Å². The van der Waals surface area contributed by atoms with E-state index in [1.54, 1.807) is 18.2 Å². The smallest absolute Gasteiger partial charge is 0.344 e. The highest BCUT2D eigenvalue weighted by Gasteiger charge is 2.48. The second kappa shape index (κ2) is 22.8. The molecule has 9 N–H and O–H groups in total. The van der Waals surface area contributed by atoms with Gasteiger partial charge >= 0.3 is 17.7 Å². The van der Waals surface area contributed by atoms with E-state index >= 15 is 0 Å². The van der Waals surface area contributed by atoms with E-state index in [1.165, 1.54) is 34.9 Å². The maximum absolute atomic E-state index is 13.9. The van der Waals surface area contributed by atoms with Crippen molar-refractivity contribution in [2.75, 3.05) is 63.8 Å². The molecule has 0 radical (unpaired) electrons. The van der Waals surface area contributed by atoms with Crippen molar-refractivity contribution >= 4 is 69.1 Å². The fraction of sp³-hybridized carbons (Fsp3) is 0.422. The number of hydrogen-bond donors (Lipinski definition) is 8. The summed E-state index contributed by atoms with van der Waals surface area (Å²) in [5.41, 5.74) is 6.76. The SMILES string of the molecule is CC(C)c1ccc2oc3c(cc(C(=O)O)c(N)[n+]3Cc3ccc(O[C@@H]4O[C@H](C(=O)O)[C@@H](O)[C@H](O)[C@H]4O)c(NC(=O)CCNC(=O)CCOCCOCCOCCN4C(=O)C=CC4=O)c3)c(=O)c2c1. The van der Waals surface area contributed by atoms with Gasteiger partial charge in [0.25, 0.3) is 17.6 Å². The number of anilines is 2. The monoisotopic (exact) mass is 950 g/mol. The Morgan fingerprint density at radius 1 is 0.809 bits per heavy atom. The Morgan fingerprint density at radius 2 is 1.49 bits per heavy atom. The Bertz CT molecular complexity index is 2630. The van der Waals surface area contributed by atoms with Crippen molar-refractivity contribution in [2.45, 2.75) is 69.9 Å². The van der Waals surface area contributed by atoms with E-state index in [0.717, 1.165) is 16.5 Å². The van der Waals surface area contributed by atoms with Crippen LogP contribution in [0.5, 0.6) is 5.75 Å². The molecule has 4 heterocycles. The van der Waals surface area contributed by atoms with Crippen LogP contribution in [0.2, 0.25) is 0 Å². The van der Waals surface area contributed by atoms with Gasteiger partial charge in [0.15, 0.2) is 6.10 Å². The molecule has 6 rings (SSSR count). The van der Waals surface area contributed by atoms with Gasteiger partial charge in [0.1, 0.15) is 47.1 Å². The number of ether oxygens (including phenoxy) is 5. The van der Waals surface area contributed by atoms with E-state index in [-0.39, 0.29) is 135 Å². The van der Waals surface area contributed by atoms with Gasteiger partial charge in [-0.25, -0.2) is 9.59 Å². The summed E-state index contributed by atoms with van der Waals surface area (Å²) in [5.74, 6) is -5.34. The summed E-state index contributed by atoms with van der Waals surface area (Å²) >= 11 is 0.